The summed E-state index contributed by atoms with van der Waals surface area (Å²) in [6.07, 6.45) is -1.29. The second-order valence-electron chi connectivity index (χ2n) is 4.80. The molecule has 11 heteroatoms. The zero-order chi connectivity index (χ0) is 18.2. The summed E-state index contributed by atoms with van der Waals surface area (Å²) in [5.41, 5.74) is 5.13. The van der Waals surface area contributed by atoms with E-state index in [-0.39, 0.29) is 12.3 Å². The van der Waals surface area contributed by atoms with Crippen LogP contribution in [0.25, 0.3) is 0 Å². The molecule has 4 atom stereocenters. The summed E-state index contributed by atoms with van der Waals surface area (Å²) in [5, 5.41) is 25.0. The number of carboxylic acid groups (broad SMARTS) is 1. The maximum absolute atomic E-state index is 12.0. The smallest absolute Gasteiger partial charge is 0.325 e. The monoisotopic (exact) mass is 350 g/mol. The van der Waals surface area contributed by atoms with Crippen molar-refractivity contribution in [1.82, 2.24) is 16.0 Å². The van der Waals surface area contributed by atoms with Gasteiger partial charge in [0.15, 0.2) is 0 Å². The number of thiol groups is 1. The van der Waals surface area contributed by atoms with Crippen LogP contribution in [0.4, 0.5) is 0 Å². The summed E-state index contributed by atoms with van der Waals surface area (Å²) in [7, 11) is 0. The van der Waals surface area contributed by atoms with Crippen molar-refractivity contribution in [3.8, 4) is 0 Å². The molecule has 0 bridgehead atoms. The van der Waals surface area contributed by atoms with Gasteiger partial charge in [0.1, 0.15) is 18.1 Å². The van der Waals surface area contributed by atoms with Crippen LogP contribution in [0, 0.1) is 0 Å². The van der Waals surface area contributed by atoms with Crippen LogP contribution in [-0.2, 0) is 19.2 Å². The Balaban J connectivity index is 4.91. The summed E-state index contributed by atoms with van der Waals surface area (Å²) >= 11 is 3.92. The van der Waals surface area contributed by atoms with Gasteiger partial charge in [0, 0.05) is 5.75 Å². The average molecular weight is 350 g/mol. The lowest BCUT2D eigenvalue weighted by Gasteiger charge is -2.24. The van der Waals surface area contributed by atoms with Gasteiger partial charge in [0.2, 0.25) is 17.7 Å². The van der Waals surface area contributed by atoms with E-state index in [0.717, 1.165) is 0 Å². The van der Waals surface area contributed by atoms with E-state index in [1.807, 2.05) is 0 Å². The molecule has 0 fully saturated rings. The van der Waals surface area contributed by atoms with Crippen molar-refractivity contribution in [2.45, 2.75) is 38.1 Å². The predicted molar refractivity (Wildman–Crippen MR) is 83.7 cm³/mol. The summed E-state index contributed by atoms with van der Waals surface area (Å²) < 4.78 is 0. The number of nitrogens with one attached hydrogen (secondary N) is 3. The highest BCUT2D eigenvalue weighted by Gasteiger charge is 2.30. The fourth-order valence-electron chi connectivity index (χ4n) is 1.47. The zero-order valence-corrected chi connectivity index (χ0v) is 13.7. The molecule has 0 aromatic heterocycles. The number of carboxylic acids is 1. The molecule has 3 amide bonds. The Bertz CT molecular complexity index is 459. The van der Waals surface area contributed by atoms with Crippen LogP contribution in [0.2, 0.25) is 0 Å². The summed E-state index contributed by atoms with van der Waals surface area (Å²) in [6.45, 7) is 2.16. The number of amides is 3. The molecule has 0 saturated carbocycles. The molecule has 0 spiro atoms. The third kappa shape index (κ3) is 7.30. The maximum Gasteiger partial charge on any atom is 0.325 e. The number of aliphatic carboxylic acids is 1. The summed E-state index contributed by atoms with van der Waals surface area (Å²) in [6, 6.07) is -3.64. The molecular weight excluding hydrogens is 328 g/mol. The number of carbonyl (C=O) groups excluding carboxylic acids is 3. The van der Waals surface area contributed by atoms with E-state index in [1.54, 1.807) is 0 Å². The number of carbonyl (C=O) groups is 4. The number of aliphatic hydroxyl groups is 1. The molecular formula is C12H22N4O6S. The highest BCUT2D eigenvalue weighted by molar-refractivity contribution is 7.80. The third-order valence-corrected chi connectivity index (χ3v) is 3.18. The fraction of sp³-hybridized carbons (Fsp3) is 0.667. The van der Waals surface area contributed by atoms with Gasteiger partial charge >= 0.3 is 5.97 Å². The standard InChI is InChI=1S/C12H22N4O6S/c1-5(12(21)22)14-11(20)9(6(2)17)16-10(19)7(4-23)15-8(18)3-13/h5-7,9,17,23H,3-4,13H2,1-2H3,(H,14,20)(H,15,18)(H,16,19)(H,21,22). The fourth-order valence-corrected chi connectivity index (χ4v) is 1.73. The van der Waals surface area contributed by atoms with Crippen LogP contribution >= 0.6 is 12.6 Å². The molecule has 10 nitrogen and oxygen atoms in total. The second-order valence-corrected chi connectivity index (χ2v) is 5.17. The lowest BCUT2D eigenvalue weighted by Crippen LogP contribution is -2.59. The number of aliphatic hydroxyl groups excluding tert-OH is 1. The molecule has 0 aliphatic carbocycles. The molecule has 4 unspecified atom stereocenters. The number of hydrogen-bond acceptors (Lipinski definition) is 7. The molecule has 23 heavy (non-hydrogen) atoms. The third-order valence-electron chi connectivity index (χ3n) is 2.81. The van der Waals surface area contributed by atoms with Gasteiger partial charge in [0.25, 0.3) is 0 Å². The lowest BCUT2D eigenvalue weighted by molar-refractivity contribution is -0.142. The van der Waals surface area contributed by atoms with Crippen LogP contribution in [-0.4, -0.2) is 70.4 Å². The molecule has 0 aliphatic heterocycles. The van der Waals surface area contributed by atoms with Crippen molar-refractivity contribution in [2.24, 2.45) is 5.73 Å². The normalized spacial score (nSPS) is 15.7. The Morgan fingerprint density at radius 1 is 1.09 bits per heavy atom. The molecule has 0 radical (unpaired) electrons. The zero-order valence-electron chi connectivity index (χ0n) is 12.8. The topological polar surface area (TPSA) is 171 Å². The van der Waals surface area contributed by atoms with Crippen LogP contribution in [0.5, 0.6) is 0 Å². The molecule has 0 rings (SSSR count). The van der Waals surface area contributed by atoms with Gasteiger partial charge in [-0.3, -0.25) is 19.2 Å². The first-order chi connectivity index (χ1) is 10.6. The van der Waals surface area contributed by atoms with Gasteiger partial charge in [-0.2, -0.15) is 12.6 Å². The Morgan fingerprint density at radius 2 is 1.65 bits per heavy atom. The molecule has 0 saturated heterocycles. The van der Waals surface area contributed by atoms with Gasteiger partial charge in [-0.25, -0.2) is 0 Å². The van der Waals surface area contributed by atoms with Crippen molar-refractivity contribution in [3.05, 3.63) is 0 Å². The first-order valence-electron chi connectivity index (χ1n) is 6.75. The summed E-state index contributed by atoms with van der Waals surface area (Å²) in [5.74, 6) is -3.54. The lowest BCUT2D eigenvalue weighted by atomic mass is 10.1. The first kappa shape index (κ1) is 21.1. The Hall–Kier alpha value is -1.85. The van der Waals surface area contributed by atoms with Gasteiger partial charge in [-0.05, 0) is 13.8 Å². The number of hydrogen-bond donors (Lipinski definition) is 7. The van der Waals surface area contributed by atoms with Crippen molar-refractivity contribution < 1.29 is 29.4 Å². The Labute approximate surface area is 138 Å². The van der Waals surface area contributed by atoms with E-state index in [2.05, 4.69) is 28.6 Å². The molecule has 0 aromatic rings. The van der Waals surface area contributed by atoms with E-state index in [1.165, 1.54) is 13.8 Å². The van der Waals surface area contributed by atoms with E-state index in [9.17, 15) is 24.3 Å². The second kappa shape index (κ2) is 10.0. The van der Waals surface area contributed by atoms with Gasteiger partial charge in [0.05, 0.1) is 12.6 Å². The summed E-state index contributed by atoms with van der Waals surface area (Å²) in [4.78, 5) is 45.9. The van der Waals surface area contributed by atoms with Crippen molar-refractivity contribution in [2.75, 3.05) is 12.3 Å². The minimum absolute atomic E-state index is 0.0583. The van der Waals surface area contributed by atoms with Crippen LogP contribution < -0.4 is 21.7 Å². The van der Waals surface area contributed by atoms with Crippen LogP contribution in [0.15, 0.2) is 0 Å². The largest absolute Gasteiger partial charge is 0.480 e. The van der Waals surface area contributed by atoms with E-state index < -0.39 is 47.9 Å². The number of nitrogens with two attached hydrogens (primary N) is 1. The van der Waals surface area contributed by atoms with E-state index >= 15 is 0 Å². The molecule has 0 aromatic carbocycles. The first-order valence-corrected chi connectivity index (χ1v) is 7.39. The van der Waals surface area contributed by atoms with Crippen LogP contribution in [0.3, 0.4) is 0 Å². The SMILES string of the molecule is CC(NC(=O)C(NC(=O)C(CS)NC(=O)CN)C(C)O)C(=O)O. The predicted octanol–water partition coefficient (Wildman–Crippen LogP) is -3.19. The van der Waals surface area contributed by atoms with E-state index in [4.69, 9.17) is 10.8 Å². The highest BCUT2D eigenvalue weighted by Crippen LogP contribution is 1.98. The molecule has 7 N–H and O–H groups in total. The number of rotatable bonds is 9. The Kier molecular flexibility index (Phi) is 9.22. The average Bonchev–Trinajstić information content (AvgIpc) is 2.48. The van der Waals surface area contributed by atoms with Crippen molar-refractivity contribution in [1.29, 1.82) is 0 Å². The Morgan fingerprint density at radius 3 is 2.04 bits per heavy atom. The quantitative estimate of drug-likeness (QED) is 0.215. The molecule has 132 valence electrons. The molecule has 0 aliphatic rings. The van der Waals surface area contributed by atoms with Crippen molar-refractivity contribution >= 4 is 36.3 Å². The van der Waals surface area contributed by atoms with Gasteiger partial charge < -0.3 is 31.9 Å². The minimum Gasteiger partial charge on any atom is -0.480 e. The van der Waals surface area contributed by atoms with Gasteiger partial charge in [-0.15, -0.1) is 0 Å². The van der Waals surface area contributed by atoms with E-state index in [0.29, 0.717) is 0 Å². The van der Waals surface area contributed by atoms with Crippen LogP contribution in [0.1, 0.15) is 13.8 Å². The van der Waals surface area contributed by atoms with Crippen molar-refractivity contribution in [3.63, 3.8) is 0 Å². The maximum atomic E-state index is 12.0. The highest BCUT2D eigenvalue weighted by atomic mass is 32.1. The minimum atomic E-state index is -1.39. The van der Waals surface area contributed by atoms with Gasteiger partial charge in [-0.1, -0.05) is 0 Å². The molecule has 0 heterocycles.